The Kier molecular flexibility index (Phi) is 6.14. The molecule has 164 valence electrons. The number of thioether (sulfide) groups is 1. The van der Waals surface area contributed by atoms with Crippen molar-refractivity contribution in [3.05, 3.63) is 63.7 Å². The Balaban J connectivity index is 2.12. The van der Waals surface area contributed by atoms with Crippen LogP contribution in [0.25, 0.3) is 0 Å². The monoisotopic (exact) mass is 454 g/mol. The lowest BCUT2D eigenvalue weighted by Gasteiger charge is -2.19. The Bertz CT molecular complexity index is 959. The second-order valence-electron chi connectivity index (χ2n) is 7.06. The van der Waals surface area contributed by atoms with Gasteiger partial charge in [0.15, 0.2) is 0 Å². The maximum atomic E-state index is 14.5. The standard InChI is InChI=1S/C20H17F7O2S/c1-2-15(28)12-6-10(21)7-14(22)11(12)5-9-3-4-16(30-20(25,26)27)17-13(9)8-19(23,24)18(17)29/h3-4,6-7,15,18,28-29H,2,5,8H2,1H3. The molecule has 0 saturated heterocycles. The SMILES string of the molecule is CCC(O)c1cc(F)cc(F)c1Cc1ccc(SC(F)(F)F)c2c1CC(F)(F)C2O. The molecule has 0 radical (unpaired) electrons. The summed E-state index contributed by atoms with van der Waals surface area (Å²) in [5, 5.41) is 20.1. The van der Waals surface area contributed by atoms with Crippen molar-refractivity contribution in [1.82, 2.24) is 0 Å². The van der Waals surface area contributed by atoms with E-state index in [-0.39, 0.29) is 35.1 Å². The van der Waals surface area contributed by atoms with Gasteiger partial charge in [-0.25, -0.2) is 17.6 Å². The lowest BCUT2D eigenvalue weighted by molar-refractivity contribution is -0.0977. The fraction of sp³-hybridized carbons (Fsp3) is 0.400. The minimum Gasteiger partial charge on any atom is -0.388 e. The van der Waals surface area contributed by atoms with Gasteiger partial charge in [-0.2, -0.15) is 13.2 Å². The van der Waals surface area contributed by atoms with Crippen molar-refractivity contribution in [3.8, 4) is 0 Å². The van der Waals surface area contributed by atoms with Crippen molar-refractivity contribution in [1.29, 1.82) is 0 Å². The van der Waals surface area contributed by atoms with E-state index in [4.69, 9.17) is 0 Å². The zero-order valence-corrected chi connectivity index (χ0v) is 16.4. The Hall–Kier alpha value is -1.78. The lowest BCUT2D eigenvalue weighted by Crippen LogP contribution is -2.21. The van der Waals surface area contributed by atoms with Crippen LogP contribution in [0.3, 0.4) is 0 Å². The van der Waals surface area contributed by atoms with Crippen LogP contribution in [0, 0.1) is 11.6 Å². The molecule has 1 aliphatic carbocycles. The average Bonchev–Trinajstić information content (AvgIpc) is 2.87. The molecule has 0 spiro atoms. The molecule has 0 aliphatic heterocycles. The number of benzene rings is 2. The van der Waals surface area contributed by atoms with Crippen molar-refractivity contribution in [2.45, 2.75) is 54.7 Å². The van der Waals surface area contributed by atoms with Crippen LogP contribution < -0.4 is 0 Å². The average molecular weight is 454 g/mol. The summed E-state index contributed by atoms with van der Waals surface area (Å²) in [5.41, 5.74) is -5.64. The van der Waals surface area contributed by atoms with Crippen molar-refractivity contribution in [3.63, 3.8) is 0 Å². The second kappa shape index (κ2) is 8.05. The zero-order valence-electron chi connectivity index (χ0n) is 15.5. The van der Waals surface area contributed by atoms with Crippen molar-refractivity contribution in [2.75, 3.05) is 0 Å². The Labute approximate surface area is 171 Å². The largest absolute Gasteiger partial charge is 0.446 e. The third-order valence-corrected chi connectivity index (χ3v) is 5.84. The summed E-state index contributed by atoms with van der Waals surface area (Å²) < 4.78 is 94.9. The molecular weight excluding hydrogens is 437 g/mol. The van der Waals surface area contributed by atoms with Crippen LogP contribution in [0.1, 0.15) is 53.4 Å². The first-order valence-corrected chi connectivity index (χ1v) is 9.77. The highest BCUT2D eigenvalue weighted by Crippen LogP contribution is 2.51. The van der Waals surface area contributed by atoms with E-state index in [1.165, 1.54) is 0 Å². The lowest BCUT2D eigenvalue weighted by atomic mass is 9.91. The van der Waals surface area contributed by atoms with Gasteiger partial charge in [0, 0.05) is 29.4 Å². The summed E-state index contributed by atoms with van der Waals surface area (Å²) in [7, 11) is 0. The molecule has 0 aromatic heterocycles. The van der Waals surface area contributed by atoms with Crippen LogP contribution in [-0.2, 0) is 12.8 Å². The van der Waals surface area contributed by atoms with Crippen LogP contribution >= 0.6 is 11.8 Å². The fourth-order valence-corrected chi connectivity index (χ4v) is 4.37. The maximum Gasteiger partial charge on any atom is 0.446 e. The third-order valence-electron chi connectivity index (χ3n) is 5.03. The molecule has 2 unspecified atom stereocenters. The number of aliphatic hydroxyl groups excluding tert-OH is 2. The van der Waals surface area contributed by atoms with E-state index in [0.717, 1.165) is 18.2 Å². The molecule has 2 aromatic rings. The Morgan fingerprint density at radius 1 is 1.20 bits per heavy atom. The quantitative estimate of drug-likeness (QED) is 0.441. The topological polar surface area (TPSA) is 40.5 Å². The Morgan fingerprint density at radius 2 is 1.87 bits per heavy atom. The smallest absolute Gasteiger partial charge is 0.388 e. The number of hydrogen-bond acceptors (Lipinski definition) is 3. The van der Waals surface area contributed by atoms with Gasteiger partial charge in [0.25, 0.3) is 5.92 Å². The summed E-state index contributed by atoms with van der Waals surface area (Å²) in [5.74, 6) is -5.62. The Morgan fingerprint density at radius 3 is 2.47 bits per heavy atom. The van der Waals surface area contributed by atoms with Crippen molar-refractivity contribution < 1.29 is 40.9 Å². The predicted octanol–water partition coefficient (Wildman–Crippen LogP) is 5.84. The molecule has 0 saturated carbocycles. The summed E-state index contributed by atoms with van der Waals surface area (Å²) >= 11 is -0.615. The minimum absolute atomic E-state index is 0.0669. The first kappa shape index (κ1) is 22.9. The zero-order chi connectivity index (χ0) is 22.4. The van der Waals surface area contributed by atoms with E-state index in [1.54, 1.807) is 6.92 Å². The molecule has 2 aromatic carbocycles. The number of fused-ring (bicyclic) bond motifs is 1. The van der Waals surface area contributed by atoms with Gasteiger partial charge >= 0.3 is 5.51 Å². The number of rotatable bonds is 5. The normalized spacial score (nSPS) is 19.1. The predicted molar refractivity (Wildman–Crippen MR) is 96.4 cm³/mol. The van der Waals surface area contributed by atoms with E-state index in [1.807, 2.05) is 0 Å². The van der Waals surface area contributed by atoms with Crippen LogP contribution in [0.5, 0.6) is 0 Å². The van der Waals surface area contributed by atoms with Gasteiger partial charge in [-0.1, -0.05) is 13.0 Å². The van der Waals surface area contributed by atoms with Gasteiger partial charge < -0.3 is 10.2 Å². The van der Waals surface area contributed by atoms with E-state index in [0.29, 0.717) is 6.07 Å². The van der Waals surface area contributed by atoms with Crippen LogP contribution in [0.2, 0.25) is 0 Å². The first-order valence-electron chi connectivity index (χ1n) is 8.96. The van der Waals surface area contributed by atoms with Crippen molar-refractivity contribution in [2.24, 2.45) is 0 Å². The number of alkyl halides is 5. The molecule has 2 nitrogen and oxygen atoms in total. The van der Waals surface area contributed by atoms with Gasteiger partial charge in [0.1, 0.15) is 17.7 Å². The van der Waals surface area contributed by atoms with Gasteiger partial charge in [-0.15, -0.1) is 0 Å². The number of hydrogen-bond donors (Lipinski definition) is 2. The van der Waals surface area contributed by atoms with E-state index in [2.05, 4.69) is 0 Å². The maximum absolute atomic E-state index is 14.5. The van der Waals surface area contributed by atoms with Crippen molar-refractivity contribution >= 4 is 11.8 Å². The van der Waals surface area contributed by atoms with Gasteiger partial charge in [0.05, 0.1) is 6.10 Å². The molecular formula is C20H17F7O2S. The van der Waals surface area contributed by atoms with Crippen LogP contribution in [0.4, 0.5) is 30.7 Å². The van der Waals surface area contributed by atoms with E-state index in [9.17, 15) is 40.9 Å². The van der Waals surface area contributed by atoms with Crippen LogP contribution in [0.15, 0.2) is 29.2 Å². The van der Waals surface area contributed by atoms with Crippen LogP contribution in [-0.4, -0.2) is 21.6 Å². The fourth-order valence-electron chi connectivity index (χ4n) is 3.64. The minimum atomic E-state index is -4.76. The highest BCUT2D eigenvalue weighted by atomic mass is 32.2. The van der Waals surface area contributed by atoms with Gasteiger partial charge in [-0.05, 0) is 52.6 Å². The van der Waals surface area contributed by atoms with Gasteiger partial charge in [-0.3, -0.25) is 0 Å². The summed E-state index contributed by atoms with van der Waals surface area (Å²) in [6, 6.07) is 3.63. The molecule has 30 heavy (non-hydrogen) atoms. The molecule has 2 N–H and O–H groups in total. The molecule has 10 heteroatoms. The molecule has 0 bridgehead atoms. The van der Waals surface area contributed by atoms with Gasteiger partial charge in [0.2, 0.25) is 0 Å². The highest BCUT2D eigenvalue weighted by molar-refractivity contribution is 8.00. The number of aliphatic hydroxyl groups is 2. The molecule has 0 heterocycles. The molecule has 2 atom stereocenters. The molecule has 1 aliphatic rings. The first-order chi connectivity index (χ1) is 13.8. The number of halogens is 7. The third kappa shape index (κ3) is 4.45. The summed E-state index contributed by atoms with van der Waals surface area (Å²) in [6.07, 6.45) is -4.90. The van der Waals surface area contributed by atoms with E-state index >= 15 is 0 Å². The summed E-state index contributed by atoms with van der Waals surface area (Å²) in [4.78, 5) is -0.556. The summed E-state index contributed by atoms with van der Waals surface area (Å²) in [6.45, 7) is 1.58. The second-order valence-corrected chi connectivity index (χ2v) is 8.17. The van der Waals surface area contributed by atoms with E-state index < -0.39 is 63.9 Å². The highest BCUT2D eigenvalue weighted by Gasteiger charge is 2.49. The molecule has 3 rings (SSSR count). The molecule has 0 fully saturated rings. The molecule has 0 amide bonds.